The Hall–Kier alpha value is -1.42. The maximum Gasteiger partial charge on any atom is 0.422 e. The van der Waals surface area contributed by atoms with E-state index in [9.17, 15) is 30.4 Å². The monoisotopic (exact) mass is 388 g/mol. The first-order valence-electron chi connectivity index (χ1n) is 7.73. The quantitative estimate of drug-likeness (QED) is 0.498. The van der Waals surface area contributed by atoms with Crippen molar-refractivity contribution in [2.24, 2.45) is 0 Å². The van der Waals surface area contributed by atoms with Gasteiger partial charge in [0, 0.05) is 18.8 Å². The van der Waals surface area contributed by atoms with Gasteiger partial charge in [0.25, 0.3) is 0 Å². The standard InChI is InChI=1S/C15H21F5N2O2S/c1-10(2)25(23,24)22-7-5-3-4-6-21-11-8-12(16)14(13(17)9-11)15(18,19)20/h8-10,21-22H,3-7H2,1-2H3. The second-order valence-electron chi connectivity index (χ2n) is 5.79. The molecule has 0 spiro atoms. The summed E-state index contributed by atoms with van der Waals surface area (Å²) in [5, 5.41) is 2.13. The van der Waals surface area contributed by atoms with Crippen molar-refractivity contribution < 1.29 is 30.4 Å². The fraction of sp³-hybridized carbons (Fsp3) is 0.600. The lowest BCUT2D eigenvalue weighted by Gasteiger charge is -2.12. The molecule has 2 N–H and O–H groups in total. The van der Waals surface area contributed by atoms with E-state index in [0.29, 0.717) is 37.9 Å². The molecule has 0 radical (unpaired) electrons. The highest BCUT2D eigenvalue weighted by Gasteiger charge is 2.37. The summed E-state index contributed by atoms with van der Waals surface area (Å²) < 4.78 is 89.6. The third-order valence-electron chi connectivity index (χ3n) is 3.43. The van der Waals surface area contributed by atoms with E-state index in [-0.39, 0.29) is 12.2 Å². The molecule has 0 aliphatic rings. The van der Waals surface area contributed by atoms with Crippen LogP contribution in [0.1, 0.15) is 38.7 Å². The third kappa shape index (κ3) is 6.77. The average molecular weight is 388 g/mol. The highest BCUT2D eigenvalue weighted by Crippen LogP contribution is 2.34. The molecule has 0 fully saturated rings. The number of hydrogen-bond acceptors (Lipinski definition) is 3. The van der Waals surface area contributed by atoms with E-state index in [1.807, 2.05) is 0 Å². The molecule has 0 saturated heterocycles. The van der Waals surface area contributed by atoms with E-state index in [1.54, 1.807) is 13.8 Å². The lowest BCUT2D eigenvalue weighted by molar-refractivity contribution is -0.142. The molecule has 0 bridgehead atoms. The SMILES string of the molecule is CC(C)S(=O)(=O)NCCCCCNc1cc(F)c(C(F)(F)F)c(F)c1. The van der Waals surface area contributed by atoms with Gasteiger partial charge in [0.1, 0.15) is 17.2 Å². The van der Waals surface area contributed by atoms with Gasteiger partial charge in [-0.3, -0.25) is 0 Å². The molecule has 0 atom stereocenters. The average Bonchev–Trinajstić information content (AvgIpc) is 2.43. The Labute approximate surface area is 143 Å². The molecule has 1 aromatic carbocycles. The molecule has 0 aromatic heterocycles. The smallest absolute Gasteiger partial charge is 0.385 e. The minimum atomic E-state index is -5.09. The predicted molar refractivity (Wildman–Crippen MR) is 85.8 cm³/mol. The van der Waals surface area contributed by atoms with Crippen LogP contribution in [0.15, 0.2) is 12.1 Å². The molecule has 0 unspecified atom stereocenters. The number of benzene rings is 1. The molecule has 0 aliphatic carbocycles. The van der Waals surface area contributed by atoms with Crippen molar-refractivity contribution in [1.29, 1.82) is 0 Å². The van der Waals surface area contributed by atoms with Crippen molar-refractivity contribution in [2.45, 2.75) is 44.5 Å². The van der Waals surface area contributed by atoms with Crippen LogP contribution in [-0.4, -0.2) is 26.8 Å². The van der Waals surface area contributed by atoms with Gasteiger partial charge >= 0.3 is 6.18 Å². The molecule has 1 rings (SSSR count). The molecule has 25 heavy (non-hydrogen) atoms. The highest BCUT2D eigenvalue weighted by atomic mass is 32.2. The van der Waals surface area contributed by atoms with Crippen molar-refractivity contribution in [3.8, 4) is 0 Å². The maximum absolute atomic E-state index is 13.4. The number of anilines is 1. The topological polar surface area (TPSA) is 58.2 Å². The molecule has 144 valence electrons. The summed E-state index contributed by atoms with van der Waals surface area (Å²) in [6, 6.07) is 1.20. The second kappa shape index (κ2) is 8.79. The summed E-state index contributed by atoms with van der Waals surface area (Å²) in [6.07, 6.45) is -3.31. The molecule has 0 heterocycles. The Balaban J connectivity index is 2.38. The Bertz CT molecular complexity index is 652. The van der Waals surface area contributed by atoms with E-state index in [0.717, 1.165) is 0 Å². The molecule has 0 saturated carbocycles. The van der Waals surface area contributed by atoms with Gasteiger partial charge in [-0.15, -0.1) is 0 Å². The van der Waals surface area contributed by atoms with Crippen molar-refractivity contribution in [3.05, 3.63) is 29.3 Å². The number of sulfonamides is 1. The van der Waals surface area contributed by atoms with E-state index in [1.165, 1.54) is 0 Å². The highest BCUT2D eigenvalue weighted by molar-refractivity contribution is 7.90. The zero-order chi connectivity index (χ0) is 19.3. The van der Waals surface area contributed by atoms with Crippen LogP contribution in [0, 0.1) is 11.6 Å². The molecule has 0 amide bonds. The molecule has 0 aliphatic heterocycles. The van der Waals surface area contributed by atoms with Crippen molar-refractivity contribution >= 4 is 15.7 Å². The van der Waals surface area contributed by atoms with Gasteiger partial charge in [-0.2, -0.15) is 13.2 Å². The number of nitrogens with one attached hydrogen (secondary N) is 2. The lowest BCUT2D eigenvalue weighted by Crippen LogP contribution is -2.31. The summed E-state index contributed by atoms with van der Waals surface area (Å²) in [6.45, 7) is 3.70. The van der Waals surface area contributed by atoms with Crippen molar-refractivity contribution in [3.63, 3.8) is 0 Å². The first-order chi connectivity index (χ1) is 11.4. The molecule has 4 nitrogen and oxygen atoms in total. The first-order valence-corrected chi connectivity index (χ1v) is 9.28. The Morgan fingerprint density at radius 3 is 2.00 bits per heavy atom. The van der Waals surface area contributed by atoms with E-state index >= 15 is 0 Å². The number of hydrogen-bond donors (Lipinski definition) is 2. The predicted octanol–water partition coefficient (Wildman–Crippen LogP) is 3.89. The Morgan fingerprint density at radius 2 is 1.52 bits per heavy atom. The van der Waals surface area contributed by atoms with Crippen molar-refractivity contribution in [2.75, 3.05) is 18.4 Å². The number of rotatable bonds is 9. The van der Waals surface area contributed by atoms with Gasteiger partial charge < -0.3 is 5.32 Å². The minimum Gasteiger partial charge on any atom is -0.385 e. The van der Waals surface area contributed by atoms with Crippen LogP contribution in [0.5, 0.6) is 0 Å². The fourth-order valence-electron chi connectivity index (χ4n) is 1.99. The summed E-state index contributed by atoms with van der Waals surface area (Å²) in [5.74, 6) is -3.34. The lowest BCUT2D eigenvalue weighted by atomic mass is 10.1. The van der Waals surface area contributed by atoms with Gasteiger partial charge in [0.15, 0.2) is 0 Å². The van der Waals surface area contributed by atoms with Crippen LogP contribution in [0.2, 0.25) is 0 Å². The number of alkyl halides is 3. The normalized spacial score (nSPS) is 12.6. The maximum atomic E-state index is 13.4. The fourth-order valence-corrected chi connectivity index (χ4v) is 2.75. The Morgan fingerprint density at radius 1 is 1.00 bits per heavy atom. The molecule has 1 aromatic rings. The van der Waals surface area contributed by atoms with Crippen LogP contribution < -0.4 is 10.0 Å². The largest absolute Gasteiger partial charge is 0.422 e. The minimum absolute atomic E-state index is 0.0801. The van der Waals surface area contributed by atoms with Gasteiger partial charge in [-0.25, -0.2) is 21.9 Å². The van der Waals surface area contributed by atoms with Gasteiger partial charge in [-0.1, -0.05) is 6.42 Å². The summed E-state index contributed by atoms with van der Waals surface area (Å²) in [7, 11) is -3.30. The zero-order valence-electron chi connectivity index (χ0n) is 13.9. The van der Waals surface area contributed by atoms with E-state index in [2.05, 4.69) is 10.0 Å². The zero-order valence-corrected chi connectivity index (χ0v) is 14.7. The second-order valence-corrected chi connectivity index (χ2v) is 8.11. The van der Waals surface area contributed by atoms with Crippen LogP contribution in [-0.2, 0) is 16.2 Å². The summed E-state index contributed by atoms with van der Waals surface area (Å²) in [5.41, 5.74) is -1.99. The molecule has 10 heteroatoms. The van der Waals surface area contributed by atoms with Crippen LogP contribution >= 0.6 is 0 Å². The first kappa shape index (κ1) is 21.6. The number of halogens is 5. The third-order valence-corrected chi connectivity index (χ3v) is 5.28. The van der Waals surface area contributed by atoms with E-state index in [4.69, 9.17) is 0 Å². The van der Waals surface area contributed by atoms with Crippen molar-refractivity contribution in [1.82, 2.24) is 4.72 Å². The Kier molecular flexibility index (Phi) is 7.61. The van der Waals surface area contributed by atoms with Gasteiger partial charge in [0.05, 0.1) is 5.25 Å². The summed E-state index contributed by atoms with van der Waals surface area (Å²) >= 11 is 0. The van der Waals surface area contributed by atoms with Crippen LogP contribution in [0.25, 0.3) is 0 Å². The summed E-state index contributed by atoms with van der Waals surface area (Å²) in [4.78, 5) is 0. The molecular formula is C15H21F5N2O2S. The van der Waals surface area contributed by atoms with E-state index < -0.39 is 38.6 Å². The van der Waals surface area contributed by atoms with Crippen LogP contribution in [0.4, 0.5) is 27.6 Å². The van der Waals surface area contributed by atoms with Crippen LogP contribution in [0.3, 0.4) is 0 Å². The number of unbranched alkanes of at least 4 members (excludes halogenated alkanes) is 2. The molecular weight excluding hydrogens is 367 g/mol. The van der Waals surface area contributed by atoms with Gasteiger partial charge in [-0.05, 0) is 38.8 Å². The van der Waals surface area contributed by atoms with Gasteiger partial charge in [0.2, 0.25) is 10.0 Å².